The Hall–Kier alpha value is -0.820. The van der Waals surface area contributed by atoms with Crippen LogP contribution in [0, 0.1) is 0 Å². The fourth-order valence-corrected chi connectivity index (χ4v) is 1.98. The molecule has 0 radical (unpaired) electrons. The summed E-state index contributed by atoms with van der Waals surface area (Å²) in [6.07, 6.45) is 1.92. The normalized spacial score (nSPS) is 12.5. The molecule has 0 heterocycles. The smallest absolute Gasteiger partial charge is 0.127 e. The zero-order valence-corrected chi connectivity index (χ0v) is 9.34. The Bertz CT molecular complexity index is 298. The van der Waals surface area contributed by atoms with Crippen molar-refractivity contribution in [1.82, 2.24) is 0 Å². The van der Waals surface area contributed by atoms with Crippen molar-refractivity contribution >= 4 is 17.9 Å². The van der Waals surface area contributed by atoms with E-state index < -0.39 is 0 Å². The van der Waals surface area contributed by atoms with Crippen molar-refractivity contribution in [3.05, 3.63) is 34.9 Å². The monoisotopic (exact) mass is 210 g/mol. The largest absolute Gasteiger partial charge is 0.303 e. The van der Waals surface area contributed by atoms with Gasteiger partial charge in [0.1, 0.15) is 6.29 Å². The third kappa shape index (κ3) is 2.16. The lowest BCUT2D eigenvalue weighted by Crippen LogP contribution is -2.03. The minimum Gasteiger partial charge on any atom is -0.303 e. The van der Waals surface area contributed by atoms with Gasteiger partial charge in [-0.05, 0) is 23.1 Å². The lowest BCUT2D eigenvalue weighted by Gasteiger charge is -2.14. The predicted octanol–water partition coefficient (Wildman–Crippen LogP) is 3.29. The molecule has 0 aliphatic carbocycles. The number of alkyl halides is 1. The maximum Gasteiger partial charge on any atom is 0.127 e. The molecular weight excluding hydrogens is 196 g/mol. The standard InChI is InChI=1S/C12H15ClO/c1-3-10-5-4-6-11(7-13)12(10)9(2)8-14/h4-6,8-9H,3,7H2,1-2H3. The lowest BCUT2D eigenvalue weighted by molar-refractivity contribution is -0.108. The number of aldehydes is 1. The summed E-state index contributed by atoms with van der Waals surface area (Å²) in [7, 11) is 0. The van der Waals surface area contributed by atoms with E-state index in [9.17, 15) is 4.79 Å². The minimum atomic E-state index is -0.0556. The first-order valence-corrected chi connectivity index (χ1v) is 5.40. The molecular formula is C12H15ClO. The Balaban J connectivity index is 3.25. The summed E-state index contributed by atoms with van der Waals surface area (Å²) in [4.78, 5) is 10.8. The lowest BCUT2D eigenvalue weighted by atomic mass is 9.91. The molecule has 1 nitrogen and oxygen atoms in total. The molecule has 0 saturated heterocycles. The van der Waals surface area contributed by atoms with Crippen LogP contribution in [0.2, 0.25) is 0 Å². The molecule has 1 unspecified atom stereocenters. The summed E-state index contributed by atoms with van der Waals surface area (Å²) in [5, 5.41) is 0. The van der Waals surface area contributed by atoms with E-state index in [1.54, 1.807) is 0 Å². The Morgan fingerprint density at radius 1 is 1.43 bits per heavy atom. The van der Waals surface area contributed by atoms with Crippen molar-refractivity contribution in [2.45, 2.75) is 32.1 Å². The van der Waals surface area contributed by atoms with Crippen LogP contribution < -0.4 is 0 Å². The molecule has 76 valence electrons. The van der Waals surface area contributed by atoms with Gasteiger partial charge in [0.2, 0.25) is 0 Å². The minimum absolute atomic E-state index is 0.0556. The van der Waals surface area contributed by atoms with Crippen LogP contribution in [0.15, 0.2) is 18.2 Å². The number of rotatable bonds is 4. The van der Waals surface area contributed by atoms with E-state index in [-0.39, 0.29) is 5.92 Å². The molecule has 0 aliphatic heterocycles. The first kappa shape index (κ1) is 11.3. The summed E-state index contributed by atoms with van der Waals surface area (Å²) in [6, 6.07) is 6.05. The molecule has 0 saturated carbocycles. The van der Waals surface area contributed by atoms with Gasteiger partial charge in [0, 0.05) is 11.8 Å². The zero-order valence-electron chi connectivity index (χ0n) is 8.59. The average Bonchev–Trinajstić information content (AvgIpc) is 2.26. The number of benzene rings is 1. The SMILES string of the molecule is CCc1cccc(CCl)c1C(C)C=O. The van der Waals surface area contributed by atoms with E-state index in [0.717, 1.165) is 23.8 Å². The highest BCUT2D eigenvalue weighted by Crippen LogP contribution is 2.24. The number of carbonyl (C=O) groups excluding carboxylic acids is 1. The molecule has 1 rings (SSSR count). The zero-order chi connectivity index (χ0) is 10.6. The van der Waals surface area contributed by atoms with E-state index in [2.05, 4.69) is 13.0 Å². The van der Waals surface area contributed by atoms with Crippen LogP contribution in [-0.2, 0) is 17.1 Å². The number of hydrogen-bond donors (Lipinski definition) is 0. The second kappa shape index (κ2) is 5.16. The number of hydrogen-bond acceptors (Lipinski definition) is 1. The van der Waals surface area contributed by atoms with Crippen LogP contribution in [0.3, 0.4) is 0 Å². The summed E-state index contributed by atoms with van der Waals surface area (Å²) in [5.74, 6) is 0.418. The maximum absolute atomic E-state index is 10.8. The first-order chi connectivity index (χ1) is 6.74. The maximum atomic E-state index is 10.8. The van der Waals surface area contributed by atoms with Gasteiger partial charge in [-0.15, -0.1) is 11.6 Å². The Labute approximate surface area is 90.1 Å². The first-order valence-electron chi connectivity index (χ1n) is 4.86. The van der Waals surface area contributed by atoms with E-state index in [0.29, 0.717) is 5.88 Å². The van der Waals surface area contributed by atoms with Crippen molar-refractivity contribution in [2.24, 2.45) is 0 Å². The fraction of sp³-hybridized carbons (Fsp3) is 0.417. The van der Waals surface area contributed by atoms with Crippen LogP contribution in [0.4, 0.5) is 0 Å². The number of aryl methyl sites for hydroxylation is 1. The molecule has 0 bridgehead atoms. The topological polar surface area (TPSA) is 17.1 Å². The summed E-state index contributed by atoms with van der Waals surface area (Å²) >= 11 is 5.85. The fourth-order valence-electron chi connectivity index (χ4n) is 1.74. The second-order valence-corrected chi connectivity index (χ2v) is 3.67. The summed E-state index contributed by atoms with van der Waals surface area (Å²) in [6.45, 7) is 4.01. The van der Waals surface area contributed by atoms with Gasteiger partial charge in [-0.1, -0.05) is 32.0 Å². The highest BCUT2D eigenvalue weighted by Gasteiger charge is 2.12. The van der Waals surface area contributed by atoms with Gasteiger partial charge in [-0.2, -0.15) is 0 Å². The molecule has 1 aromatic carbocycles. The van der Waals surface area contributed by atoms with Crippen LogP contribution in [0.1, 0.15) is 36.5 Å². The predicted molar refractivity (Wildman–Crippen MR) is 59.9 cm³/mol. The van der Waals surface area contributed by atoms with Gasteiger partial charge in [0.15, 0.2) is 0 Å². The van der Waals surface area contributed by atoms with Gasteiger partial charge in [0.25, 0.3) is 0 Å². The average molecular weight is 211 g/mol. The van der Waals surface area contributed by atoms with Gasteiger partial charge < -0.3 is 4.79 Å². The Morgan fingerprint density at radius 2 is 2.07 bits per heavy atom. The van der Waals surface area contributed by atoms with E-state index in [4.69, 9.17) is 11.6 Å². The van der Waals surface area contributed by atoms with E-state index in [1.807, 2.05) is 19.1 Å². The van der Waals surface area contributed by atoms with Crippen molar-refractivity contribution in [1.29, 1.82) is 0 Å². The van der Waals surface area contributed by atoms with Crippen LogP contribution in [-0.4, -0.2) is 6.29 Å². The van der Waals surface area contributed by atoms with Crippen LogP contribution in [0.25, 0.3) is 0 Å². The van der Waals surface area contributed by atoms with Crippen molar-refractivity contribution in [3.8, 4) is 0 Å². The second-order valence-electron chi connectivity index (χ2n) is 3.40. The molecule has 0 aromatic heterocycles. The molecule has 0 spiro atoms. The summed E-state index contributed by atoms with van der Waals surface area (Å²) < 4.78 is 0. The van der Waals surface area contributed by atoms with Gasteiger partial charge >= 0.3 is 0 Å². The molecule has 0 amide bonds. The van der Waals surface area contributed by atoms with Gasteiger partial charge in [0.05, 0.1) is 0 Å². The molecule has 0 fully saturated rings. The van der Waals surface area contributed by atoms with Crippen LogP contribution in [0.5, 0.6) is 0 Å². The Morgan fingerprint density at radius 3 is 2.57 bits per heavy atom. The summed E-state index contributed by atoms with van der Waals surface area (Å²) in [5.41, 5.74) is 3.41. The van der Waals surface area contributed by atoms with Crippen molar-refractivity contribution < 1.29 is 4.79 Å². The quantitative estimate of drug-likeness (QED) is 0.551. The van der Waals surface area contributed by atoms with E-state index >= 15 is 0 Å². The molecule has 2 heteroatoms. The molecule has 0 N–H and O–H groups in total. The molecule has 1 atom stereocenters. The highest BCUT2D eigenvalue weighted by atomic mass is 35.5. The third-order valence-electron chi connectivity index (χ3n) is 2.47. The Kier molecular flexibility index (Phi) is 4.15. The van der Waals surface area contributed by atoms with E-state index in [1.165, 1.54) is 5.56 Å². The molecule has 0 aliphatic rings. The van der Waals surface area contributed by atoms with Crippen molar-refractivity contribution in [2.75, 3.05) is 0 Å². The molecule has 14 heavy (non-hydrogen) atoms. The van der Waals surface area contributed by atoms with Gasteiger partial charge in [-0.3, -0.25) is 0 Å². The van der Waals surface area contributed by atoms with Crippen molar-refractivity contribution in [3.63, 3.8) is 0 Å². The van der Waals surface area contributed by atoms with Crippen LogP contribution >= 0.6 is 11.6 Å². The third-order valence-corrected chi connectivity index (χ3v) is 2.76. The molecule has 1 aromatic rings. The highest BCUT2D eigenvalue weighted by molar-refractivity contribution is 6.17. The number of halogens is 1. The van der Waals surface area contributed by atoms with Gasteiger partial charge in [-0.25, -0.2) is 0 Å². The number of carbonyl (C=O) groups is 1.